The standard InChI is InChI=1S/C12H18O5/c1-8(2)10(13)17-9(3)12-14-5-11(4,6-15-12)7-16-12/h9H,1,5-7H2,2-4H3. The molecule has 0 aromatic carbocycles. The molecular weight excluding hydrogens is 224 g/mol. The molecule has 3 heterocycles. The molecule has 2 bridgehead atoms. The van der Waals surface area contributed by atoms with Gasteiger partial charge < -0.3 is 18.9 Å². The molecule has 3 fully saturated rings. The molecule has 0 aromatic heterocycles. The van der Waals surface area contributed by atoms with Gasteiger partial charge in [-0.2, -0.15) is 0 Å². The Bertz CT molecular complexity index is 324. The van der Waals surface area contributed by atoms with E-state index in [4.69, 9.17) is 18.9 Å². The lowest BCUT2D eigenvalue weighted by Gasteiger charge is -2.51. The normalized spacial score (nSPS) is 37.6. The van der Waals surface area contributed by atoms with Gasteiger partial charge in [-0.05, 0) is 13.8 Å². The van der Waals surface area contributed by atoms with Crippen molar-refractivity contribution in [1.29, 1.82) is 0 Å². The molecule has 5 nitrogen and oxygen atoms in total. The van der Waals surface area contributed by atoms with Crippen LogP contribution in [0.25, 0.3) is 0 Å². The molecule has 1 atom stereocenters. The van der Waals surface area contributed by atoms with Gasteiger partial charge in [0.2, 0.25) is 0 Å². The van der Waals surface area contributed by atoms with Crippen LogP contribution in [0, 0.1) is 5.41 Å². The Hall–Kier alpha value is -0.910. The average Bonchev–Trinajstić information content (AvgIpc) is 2.30. The van der Waals surface area contributed by atoms with E-state index in [9.17, 15) is 4.79 Å². The average molecular weight is 242 g/mol. The molecule has 0 aromatic rings. The van der Waals surface area contributed by atoms with Crippen molar-refractivity contribution in [1.82, 2.24) is 0 Å². The van der Waals surface area contributed by atoms with Crippen LogP contribution in [0.3, 0.4) is 0 Å². The van der Waals surface area contributed by atoms with Crippen LogP contribution in [-0.2, 0) is 23.7 Å². The van der Waals surface area contributed by atoms with Gasteiger partial charge in [-0.15, -0.1) is 0 Å². The van der Waals surface area contributed by atoms with Crippen LogP contribution in [0.15, 0.2) is 12.2 Å². The summed E-state index contributed by atoms with van der Waals surface area (Å²) < 4.78 is 21.9. The predicted octanol–water partition coefficient (Wildman–Crippen LogP) is 1.23. The van der Waals surface area contributed by atoms with E-state index in [-0.39, 0.29) is 5.41 Å². The van der Waals surface area contributed by atoms with Crippen molar-refractivity contribution < 1.29 is 23.7 Å². The summed E-state index contributed by atoms with van der Waals surface area (Å²) in [6, 6.07) is 0. The van der Waals surface area contributed by atoms with Crippen LogP contribution in [0.5, 0.6) is 0 Å². The Morgan fingerprint density at radius 1 is 1.29 bits per heavy atom. The van der Waals surface area contributed by atoms with E-state index >= 15 is 0 Å². The maximum absolute atomic E-state index is 11.4. The summed E-state index contributed by atoms with van der Waals surface area (Å²) in [6.07, 6.45) is -0.628. The molecular formula is C12H18O5. The molecule has 0 amide bonds. The van der Waals surface area contributed by atoms with Gasteiger partial charge in [0, 0.05) is 11.0 Å². The van der Waals surface area contributed by atoms with E-state index in [1.807, 2.05) is 6.92 Å². The van der Waals surface area contributed by atoms with Gasteiger partial charge in [-0.3, -0.25) is 0 Å². The number of esters is 1. The van der Waals surface area contributed by atoms with Crippen LogP contribution >= 0.6 is 0 Å². The summed E-state index contributed by atoms with van der Waals surface area (Å²) >= 11 is 0. The second-order valence-corrected chi connectivity index (χ2v) is 5.11. The minimum Gasteiger partial charge on any atom is -0.451 e. The lowest BCUT2D eigenvalue weighted by atomic mass is 9.91. The van der Waals surface area contributed by atoms with E-state index in [0.717, 1.165) is 0 Å². The Morgan fingerprint density at radius 3 is 2.18 bits per heavy atom. The summed E-state index contributed by atoms with van der Waals surface area (Å²) in [4.78, 5) is 11.4. The first-order valence-electron chi connectivity index (χ1n) is 5.65. The van der Waals surface area contributed by atoms with E-state index in [1.165, 1.54) is 0 Å². The monoisotopic (exact) mass is 242 g/mol. The van der Waals surface area contributed by atoms with Crippen LogP contribution in [0.1, 0.15) is 20.8 Å². The third-order valence-electron chi connectivity index (χ3n) is 3.00. The van der Waals surface area contributed by atoms with Crippen molar-refractivity contribution in [3.63, 3.8) is 0 Å². The van der Waals surface area contributed by atoms with Crippen molar-refractivity contribution in [2.75, 3.05) is 19.8 Å². The van der Waals surface area contributed by atoms with Crippen molar-refractivity contribution >= 4 is 5.97 Å². The number of hydrogen-bond donors (Lipinski definition) is 0. The summed E-state index contributed by atoms with van der Waals surface area (Å²) in [6.45, 7) is 10.5. The fourth-order valence-electron chi connectivity index (χ4n) is 1.76. The molecule has 0 N–H and O–H groups in total. The first kappa shape index (κ1) is 12.5. The van der Waals surface area contributed by atoms with E-state index in [0.29, 0.717) is 25.4 Å². The molecule has 17 heavy (non-hydrogen) atoms. The minimum atomic E-state index is -1.25. The predicted molar refractivity (Wildman–Crippen MR) is 59.1 cm³/mol. The number of ether oxygens (including phenoxy) is 4. The quantitative estimate of drug-likeness (QED) is 0.550. The maximum Gasteiger partial charge on any atom is 0.333 e. The zero-order valence-corrected chi connectivity index (χ0v) is 10.4. The van der Waals surface area contributed by atoms with Crippen LogP contribution in [0.2, 0.25) is 0 Å². The van der Waals surface area contributed by atoms with Gasteiger partial charge in [0.1, 0.15) is 0 Å². The zero-order valence-electron chi connectivity index (χ0n) is 10.4. The largest absolute Gasteiger partial charge is 0.451 e. The zero-order chi connectivity index (χ0) is 12.7. The summed E-state index contributed by atoms with van der Waals surface area (Å²) in [5.41, 5.74) is 0.240. The van der Waals surface area contributed by atoms with E-state index in [2.05, 4.69) is 6.58 Å². The smallest absolute Gasteiger partial charge is 0.333 e. The minimum absolute atomic E-state index is 0.0974. The highest BCUT2D eigenvalue weighted by Gasteiger charge is 2.55. The van der Waals surface area contributed by atoms with Gasteiger partial charge in [0.15, 0.2) is 6.10 Å². The van der Waals surface area contributed by atoms with Gasteiger partial charge >= 0.3 is 11.9 Å². The number of carbonyl (C=O) groups excluding carboxylic acids is 1. The highest BCUT2D eigenvalue weighted by atomic mass is 16.9. The van der Waals surface area contributed by atoms with Crippen LogP contribution < -0.4 is 0 Å². The third kappa shape index (κ3) is 2.22. The molecule has 0 radical (unpaired) electrons. The van der Waals surface area contributed by atoms with Crippen LogP contribution in [-0.4, -0.2) is 37.9 Å². The Kier molecular flexibility index (Phi) is 3.01. The first-order valence-corrected chi connectivity index (χ1v) is 5.65. The Morgan fingerprint density at radius 2 is 1.76 bits per heavy atom. The second kappa shape index (κ2) is 4.08. The SMILES string of the molecule is C=C(C)C(=O)OC(C)C12OCC(C)(CO1)CO2. The molecule has 3 rings (SSSR count). The highest BCUT2D eigenvalue weighted by Crippen LogP contribution is 2.40. The van der Waals surface area contributed by atoms with Crippen molar-refractivity contribution in [3.05, 3.63) is 12.2 Å². The molecule has 96 valence electrons. The summed E-state index contributed by atoms with van der Waals surface area (Å²) in [7, 11) is 0. The third-order valence-corrected chi connectivity index (χ3v) is 3.00. The van der Waals surface area contributed by atoms with Crippen molar-refractivity contribution in [2.45, 2.75) is 32.8 Å². The summed E-state index contributed by atoms with van der Waals surface area (Å²) in [5, 5.41) is 0. The highest BCUT2D eigenvalue weighted by molar-refractivity contribution is 5.87. The summed E-state index contributed by atoms with van der Waals surface area (Å²) in [5.74, 6) is -1.72. The first-order chi connectivity index (χ1) is 7.87. The maximum atomic E-state index is 11.4. The molecule has 0 spiro atoms. The molecule has 1 unspecified atom stereocenters. The lowest BCUT2D eigenvalue weighted by molar-refractivity contribution is -0.486. The fraction of sp³-hybridized carbons (Fsp3) is 0.750. The lowest BCUT2D eigenvalue weighted by Crippen LogP contribution is -2.64. The van der Waals surface area contributed by atoms with Crippen molar-refractivity contribution in [3.8, 4) is 0 Å². The van der Waals surface area contributed by atoms with Gasteiger partial charge in [0.25, 0.3) is 0 Å². The van der Waals surface area contributed by atoms with Gasteiger partial charge in [-0.25, -0.2) is 4.79 Å². The number of hydrogen-bond acceptors (Lipinski definition) is 5. The molecule has 3 aliphatic rings. The van der Waals surface area contributed by atoms with E-state index < -0.39 is 18.0 Å². The van der Waals surface area contributed by atoms with Crippen molar-refractivity contribution in [2.24, 2.45) is 5.41 Å². The number of carbonyl (C=O) groups is 1. The van der Waals surface area contributed by atoms with Gasteiger partial charge in [-0.1, -0.05) is 13.5 Å². The molecule has 0 saturated carbocycles. The van der Waals surface area contributed by atoms with Gasteiger partial charge in [0.05, 0.1) is 19.8 Å². The number of rotatable bonds is 3. The Balaban J connectivity index is 2.02. The second-order valence-electron chi connectivity index (χ2n) is 5.11. The van der Waals surface area contributed by atoms with E-state index in [1.54, 1.807) is 13.8 Å². The Labute approximate surface area is 101 Å². The fourth-order valence-corrected chi connectivity index (χ4v) is 1.76. The molecule has 5 heteroatoms. The molecule has 3 saturated heterocycles. The molecule has 3 aliphatic heterocycles. The van der Waals surface area contributed by atoms with Crippen LogP contribution in [0.4, 0.5) is 0 Å². The molecule has 0 aliphatic carbocycles. The topological polar surface area (TPSA) is 54.0 Å². The number of fused-ring (bicyclic) bond motifs is 3.